The number of sulfone groups is 1. The lowest BCUT2D eigenvalue weighted by Crippen LogP contribution is -2.04. The molecule has 0 aliphatic rings. The van der Waals surface area contributed by atoms with Gasteiger partial charge in [0.1, 0.15) is 17.2 Å². The van der Waals surface area contributed by atoms with E-state index in [1.807, 2.05) is 12.1 Å². The van der Waals surface area contributed by atoms with Crippen molar-refractivity contribution in [2.45, 2.75) is 11.4 Å². The molecular formula is C18H15ClN2O5S. The first-order valence-electron chi connectivity index (χ1n) is 7.81. The molecule has 0 saturated heterocycles. The molecule has 0 aliphatic heterocycles. The van der Waals surface area contributed by atoms with Crippen molar-refractivity contribution in [2.24, 2.45) is 0 Å². The number of hydrogen-bond donors (Lipinski definition) is 1. The first-order valence-corrected chi connectivity index (χ1v) is 10.1. The van der Waals surface area contributed by atoms with Crippen molar-refractivity contribution in [3.8, 4) is 11.3 Å². The molecule has 7 nitrogen and oxygen atoms in total. The van der Waals surface area contributed by atoms with Crippen molar-refractivity contribution < 1.29 is 17.8 Å². The minimum absolute atomic E-state index is 0.109. The van der Waals surface area contributed by atoms with Crippen LogP contribution in [0.15, 0.2) is 63.9 Å². The van der Waals surface area contributed by atoms with Crippen LogP contribution in [0.5, 0.6) is 0 Å². The molecule has 0 fully saturated rings. The normalized spacial score (nSPS) is 11.3. The largest absolute Gasteiger partial charge is 0.459 e. The quantitative estimate of drug-likeness (QED) is 0.476. The van der Waals surface area contributed by atoms with E-state index in [0.29, 0.717) is 16.5 Å². The number of hydrogen-bond acceptors (Lipinski definition) is 6. The number of nitrogens with zero attached hydrogens (tertiary/aromatic N) is 1. The van der Waals surface area contributed by atoms with Crippen LogP contribution in [0.1, 0.15) is 5.76 Å². The van der Waals surface area contributed by atoms with Gasteiger partial charge in [0.2, 0.25) is 0 Å². The molecule has 1 heterocycles. The van der Waals surface area contributed by atoms with E-state index in [1.54, 1.807) is 24.3 Å². The second kappa shape index (κ2) is 7.42. The lowest BCUT2D eigenvalue weighted by molar-refractivity contribution is -0.384. The molecular weight excluding hydrogens is 392 g/mol. The van der Waals surface area contributed by atoms with Gasteiger partial charge >= 0.3 is 0 Å². The summed E-state index contributed by atoms with van der Waals surface area (Å²) in [7, 11) is -3.53. The van der Waals surface area contributed by atoms with E-state index >= 15 is 0 Å². The number of halogens is 1. The van der Waals surface area contributed by atoms with Crippen LogP contribution < -0.4 is 5.32 Å². The van der Waals surface area contributed by atoms with Crippen LogP contribution in [0.25, 0.3) is 11.3 Å². The molecule has 3 aromatic rings. The van der Waals surface area contributed by atoms with Gasteiger partial charge in [0.25, 0.3) is 5.69 Å². The summed E-state index contributed by atoms with van der Waals surface area (Å²) in [6, 6.07) is 14.5. The van der Waals surface area contributed by atoms with Gasteiger partial charge in [-0.3, -0.25) is 10.1 Å². The third-order valence-corrected chi connectivity index (χ3v) is 5.20. The molecule has 1 N–H and O–H groups in total. The number of furan rings is 1. The maximum Gasteiger partial charge on any atom is 0.293 e. The topological polar surface area (TPSA) is 102 Å². The Balaban J connectivity index is 1.79. The fraction of sp³-hybridized carbons (Fsp3) is 0.111. The standard InChI is InChI=1S/C18H15ClN2O5S/c1-27(24,25)15-7-8-16(17(10-15)21(22)23)20-11-14-6-9-18(26-14)12-2-4-13(19)5-3-12/h2-10,20H,11H2,1H3. The number of nitro benzene ring substituents is 1. The summed E-state index contributed by atoms with van der Waals surface area (Å²) < 4.78 is 28.9. The van der Waals surface area contributed by atoms with E-state index in [2.05, 4.69) is 5.32 Å². The summed E-state index contributed by atoms with van der Waals surface area (Å²) in [6.45, 7) is 0.201. The molecule has 3 rings (SSSR count). The Labute approximate surface area is 160 Å². The predicted octanol–water partition coefficient (Wildman–Crippen LogP) is 4.52. The first kappa shape index (κ1) is 18.9. The van der Waals surface area contributed by atoms with E-state index in [9.17, 15) is 18.5 Å². The number of nitrogens with one attached hydrogen (secondary N) is 1. The number of benzene rings is 2. The van der Waals surface area contributed by atoms with Crippen molar-refractivity contribution in [1.29, 1.82) is 0 Å². The molecule has 0 spiro atoms. The van der Waals surface area contributed by atoms with Gasteiger partial charge in [0.05, 0.1) is 16.4 Å². The van der Waals surface area contributed by atoms with E-state index in [-0.39, 0.29) is 22.8 Å². The zero-order chi connectivity index (χ0) is 19.6. The number of nitro groups is 1. The molecule has 0 bridgehead atoms. The summed E-state index contributed by atoms with van der Waals surface area (Å²) in [6.07, 6.45) is 1.00. The van der Waals surface area contributed by atoms with Crippen molar-refractivity contribution in [1.82, 2.24) is 0 Å². The lowest BCUT2D eigenvalue weighted by Gasteiger charge is -2.07. The molecule has 0 saturated carbocycles. The number of anilines is 1. The lowest BCUT2D eigenvalue weighted by atomic mass is 10.2. The molecule has 9 heteroatoms. The van der Waals surface area contributed by atoms with Crippen molar-refractivity contribution in [3.05, 3.63) is 75.5 Å². The Morgan fingerprint density at radius 3 is 2.44 bits per heavy atom. The second-order valence-electron chi connectivity index (χ2n) is 5.83. The maximum absolute atomic E-state index is 11.6. The number of rotatable bonds is 6. The minimum atomic E-state index is -3.53. The van der Waals surface area contributed by atoms with E-state index in [4.69, 9.17) is 16.0 Å². The van der Waals surface area contributed by atoms with Crippen LogP contribution >= 0.6 is 11.6 Å². The van der Waals surface area contributed by atoms with Crippen LogP contribution in [-0.2, 0) is 16.4 Å². The fourth-order valence-electron chi connectivity index (χ4n) is 2.47. The highest BCUT2D eigenvalue weighted by molar-refractivity contribution is 7.90. The van der Waals surface area contributed by atoms with Gasteiger partial charge in [0, 0.05) is 22.9 Å². The Morgan fingerprint density at radius 2 is 1.81 bits per heavy atom. The summed E-state index contributed by atoms with van der Waals surface area (Å²) in [4.78, 5) is 10.5. The molecule has 140 valence electrons. The third-order valence-electron chi connectivity index (χ3n) is 3.84. The average molecular weight is 407 g/mol. The van der Waals surface area contributed by atoms with Crippen LogP contribution in [0.2, 0.25) is 5.02 Å². The third kappa shape index (κ3) is 4.47. The predicted molar refractivity (Wildman–Crippen MR) is 103 cm³/mol. The van der Waals surface area contributed by atoms with Crippen LogP contribution in [-0.4, -0.2) is 19.6 Å². The summed E-state index contributed by atoms with van der Waals surface area (Å²) in [5, 5.41) is 14.8. The highest BCUT2D eigenvalue weighted by Crippen LogP contribution is 2.29. The molecule has 1 aromatic heterocycles. The second-order valence-corrected chi connectivity index (χ2v) is 8.29. The van der Waals surface area contributed by atoms with Crippen molar-refractivity contribution >= 4 is 32.8 Å². The van der Waals surface area contributed by atoms with E-state index < -0.39 is 14.8 Å². The Hall–Kier alpha value is -2.84. The average Bonchev–Trinajstić information content (AvgIpc) is 3.08. The first-order chi connectivity index (χ1) is 12.7. The zero-order valence-corrected chi connectivity index (χ0v) is 15.8. The van der Waals surface area contributed by atoms with Crippen molar-refractivity contribution in [3.63, 3.8) is 0 Å². The molecule has 0 atom stereocenters. The molecule has 27 heavy (non-hydrogen) atoms. The Kier molecular flexibility index (Phi) is 5.20. The zero-order valence-electron chi connectivity index (χ0n) is 14.2. The highest BCUT2D eigenvalue weighted by atomic mass is 35.5. The van der Waals surface area contributed by atoms with Crippen LogP contribution in [0.4, 0.5) is 11.4 Å². The molecule has 2 aromatic carbocycles. The van der Waals surface area contributed by atoms with Gasteiger partial charge in [-0.15, -0.1) is 0 Å². The van der Waals surface area contributed by atoms with Crippen molar-refractivity contribution in [2.75, 3.05) is 11.6 Å². The SMILES string of the molecule is CS(=O)(=O)c1ccc(NCc2ccc(-c3ccc(Cl)cc3)o2)c([N+](=O)[O-])c1. The summed E-state index contributed by atoms with van der Waals surface area (Å²) >= 11 is 5.87. The minimum Gasteiger partial charge on any atom is -0.459 e. The molecule has 0 radical (unpaired) electrons. The van der Waals surface area contributed by atoms with E-state index in [1.165, 1.54) is 12.1 Å². The van der Waals surface area contributed by atoms with Gasteiger partial charge < -0.3 is 9.73 Å². The molecule has 0 aliphatic carbocycles. The van der Waals surface area contributed by atoms with Gasteiger partial charge in [-0.05, 0) is 48.5 Å². The van der Waals surface area contributed by atoms with Gasteiger partial charge in [-0.1, -0.05) is 11.6 Å². The molecule has 0 unspecified atom stereocenters. The highest BCUT2D eigenvalue weighted by Gasteiger charge is 2.19. The smallest absolute Gasteiger partial charge is 0.293 e. The fourth-order valence-corrected chi connectivity index (χ4v) is 3.23. The monoisotopic (exact) mass is 406 g/mol. The Bertz CT molecular complexity index is 1090. The van der Waals surface area contributed by atoms with Gasteiger partial charge in [0.15, 0.2) is 9.84 Å². The summed E-state index contributed by atoms with van der Waals surface area (Å²) in [5.41, 5.74) is 0.744. The summed E-state index contributed by atoms with van der Waals surface area (Å²) in [5.74, 6) is 1.21. The van der Waals surface area contributed by atoms with Gasteiger partial charge in [-0.2, -0.15) is 0 Å². The molecule has 0 amide bonds. The van der Waals surface area contributed by atoms with Gasteiger partial charge in [-0.25, -0.2) is 8.42 Å². The maximum atomic E-state index is 11.6. The van der Waals surface area contributed by atoms with Crippen LogP contribution in [0, 0.1) is 10.1 Å². The van der Waals surface area contributed by atoms with Crippen LogP contribution in [0.3, 0.4) is 0 Å². The van der Waals surface area contributed by atoms with E-state index in [0.717, 1.165) is 17.9 Å². The Morgan fingerprint density at radius 1 is 1.11 bits per heavy atom.